The maximum atomic E-state index is 13.0. The molecule has 0 aliphatic carbocycles. The summed E-state index contributed by atoms with van der Waals surface area (Å²) in [5.41, 5.74) is 1.90. The van der Waals surface area contributed by atoms with Crippen molar-refractivity contribution in [3.8, 4) is 11.1 Å². The number of benzene rings is 2. The van der Waals surface area contributed by atoms with Crippen molar-refractivity contribution in [2.45, 2.75) is 10.1 Å². The number of carbonyl (C=O) groups excluding carboxylic acids is 1. The number of likely N-dealkylation sites (tertiary alicyclic amines) is 1. The Morgan fingerprint density at radius 2 is 1.68 bits per heavy atom. The molecule has 4 rings (SSSR count). The van der Waals surface area contributed by atoms with Gasteiger partial charge in [-0.3, -0.25) is 4.79 Å². The van der Waals surface area contributed by atoms with Crippen LogP contribution >= 0.6 is 11.6 Å². The minimum atomic E-state index is -3.51. The molecule has 0 saturated carbocycles. The Hall–Kier alpha value is -2.64. The Kier molecular flexibility index (Phi) is 4.72. The first-order valence-electron chi connectivity index (χ1n) is 8.58. The summed E-state index contributed by atoms with van der Waals surface area (Å²) >= 11 is 5.81. The minimum absolute atomic E-state index is 0.134. The maximum absolute atomic E-state index is 13.0. The summed E-state index contributed by atoms with van der Waals surface area (Å²) in [6.45, 7) is 0.267. The lowest BCUT2D eigenvalue weighted by molar-refractivity contribution is 0.0653. The number of aromatic amines is 1. The van der Waals surface area contributed by atoms with Crippen molar-refractivity contribution >= 4 is 27.3 Å². The van der Waals surface area contributed by atoms with Crippen molar-refractivity contribution in [3.63, 3.8) is 0 Å². The van der Waals surface area contributed by atoms with E-state index in [9.17, 15) is 17.6 Å². The van der Waals surface area contributed by atoms with Crippen molar-refractivity contribution in [3.05, 3.63) is 77.3 Å². The molecule has 1 aliphatic heterocycles. The molecular weight excluding hydrogens is 403 g/mol. The van der Waals surface area contributed by atoms with Crippen LogP contribution < -0.4 is 0 Å². The highest BCUT2D eigenvalue weighted by Gasteiger charge is 2.41. The zero-order valence-electron chi connectivity index (χ0n) is 14.6. The number of H-pyrrole nitrogens is 1. The second-order valence-corrected chi connectivity index (χ2v) is 9.30. The van der Waals surface area contributed by atoms with Crippen molar-refractivity contribution < 1.29 is 17.6 Å². The zero-order valence-corrected chi connectivity index (χ0v) is 16.2. The van der Waals surface area contributed by atoms with Gasteiger partial charge in [-0.05, 0) is 53.6 Å². The molecular formula is C20H16ClFN2O3S. The van der Waals surface area contributed by atoms with Crippen LogP contribution in [0.25, 0.3) is 11.1 Å². The van der Waals surface area contributed by atoms with Crippen LogP contribution in [-0.4, -0.2) is 42.5 Å². The predicted molar refractivity (Wildman–Crippen MR) is 105 cm³/mol. The van der Waals surface area contributed by atoms with E-state index in [4.69, 9.17) is 11.6 Å². The standard InChI is InChI=1S/C20H16ClFN2O3S/c21-15-3-7-17(8-4-15)28(26,27)18-11-24(12-18)20(25)19-9-14(10-23-19)13-1-5-16(22)6-2-13/h1-10,18,23H,11-12H2. The number of nitrogens with zero attached hydrogens (tertiary/aromatic N) is 1. The maximum Gasteiger partial charge on any atom is 0.270 e. The van der Waals surface area contributed by atoms with Crippen LogP contribution in [0.1, 0.15) is 10.5 Å². The zero-order chi connectivity index (χ0) is 19.9. The van der Waals surface area contributed by atoms with Gasteiger partial charge in [0, 0.05) is 24.3 Å². The van der Waals surface area contributed by atoms with Gasteiger partial charge in [0.2, 0.25) is 0 Å². The Balaban J connectivity index is 1.44. The molecule has 1 amide bonds. The first-order chi connectivity index (χ1) is 13.3. The molecule has 1 saturated heterocycles. The van der Waals surface area contributed by atoms with Crippen LogP contribution in [0.2, 0.25) is 5.02 Å². The van der Waals surface area contributed by atoms with Gasteiger partial charge < -0.3 is 9.88 Å². The molecule has 8 heteroatoms. The number of halogens is 2. The van der Waals surface area contributed by atoms with Gasteiger partial charge in [0.1, 0.15) is 16.8 Å². The highest BCUT2D eigenvalue weighted by molar-refractivity contribution is 7.92. The first kappa shape index (κ1) is 18.7. The van der Waals surface area contributed by atoms with Crippen LogP contribution in [0.4, 0.5) is 4.39 Å². The van der Waals surface area contributed by atoms with Gasteiger partial charge in [0.25, 0.3) is 5.91 Å². The predicted octanol–water partition coefficient (Wildman–Crippen LogP) is 3.77. The highest BCUT2D eigenvalue weighted by atomic mass is 35.5. The number of amides is 1. The quantitative estimate of drug-likeness (QED) is 0.701. The molecule has 3 aromatic rings. The molecule has 2 aromatic carbocycles. The molecule has 0 atom stereocenters. The SMILES string of the molecule is O=C(c1cc(-c2ccc(F)cc2)c[nH]1)N1CC(S(=O)(=O)c2ccc(Cl)cc2)C1. The van der Waals surface area contributed by atoms with E-state index in [2.05, 4.69) is 4.98 Å². The van der Waals surface area contributed by atoms with Gasteiger partial charge in [0.05, 0.1) is 4.90 Å². The molecule has 28 heavy (non-hydrogen) atoms. The Morgan fingerprint density at radius 1 is 1.04 bits per heavy atom. The molecule has 0 bridgehead atoms. The van der Waals surface area contributed by atoms with Crippen molar-refractivity contribution in [2.75, 3.05) is 13.1 Å². The van der Waals surface area contributed by atoms with E-state index >= 15 is 0 Å². The molecule has 0 radical (unpaired) electrons. The molecule has 0 unspecified atom stereocenters. The monoisotopic (exact) mass is 418 g/mol. The lowest BCUT2D eigenvalue weighted by atomic mass is 10.1. The Morgan fingerprint density at radius 3 is 2.32 bits per heavy atom. The second-order valence-electron chi connectivity index (χ2n) is 6.64. The summed E-state index contributed by atoms with van der Waals surface area (Å²) in [5.74, 6) is -0.597. The number of rotatable bonds is 4. The molecule has 2 heterocycles. The summed E-state index contributed by atoms with van der Waals surface area (Å²) in [5, 5.41) is -0.169. The van der Waals surface area contributed by atoms with E-state index in [0.29, 0.717) is 10.7 Å². The summed E-state index contributed by atoms with van der Waals surface area (Å²) in [6, 6.07) is 13.7. The highest BCUT2D eigenvalue weighted by Crippen LogP contribution is 2.27. The molecule has 5 nitrogen and oxygen atoms in total. The third-order valence-corrected chi connectivity index (χ3v) is 7.16. The van der Waals surface area contributed by atoms with Crippen LogP contribution in [0.3, 0.4) is 0 Å². The lowest BCUT2D eigenvalue weighted by Crippen LogP contribution is -2.56. The van der Waals surface area contributed by atoms with Gasteiger partial charge in [-0.15, -0.1) is 0 Å². The second kappa shape index (κ2) is 7.07. The van der Waals surface area contributed by atoms with Crippen molar-refractivity contribution in [2.24, 2.45) is 0 Å². The fraction of sp³-hybridized carbons (Fsp3) is 0.150. The average molecular weight is 419 g/mol. The summed E-state index contributed by atoms with van der Waals surface area (Å²) < 4.78 is 38.3. The molecule has 144 valence electrons. The lowest BCUT2D eigenvalue weighted by Gasteiger charge is -2.38. The van der Waals surface area contributed by atoms with Gasteiger partial charge in [-0.25, -0.2) is 12.8 Å². The van der Waals surface area contributed by atoms with Crippen LogP contribution in [0, 0.1) is 5.82 Å². The third kappa shape index (κ3) is 3.43. The number of carbonyl (C=O) groups is 1. The fourth-order valence-corrected chi connectivity index (χ4v) is 4.89. The summed E-state index contributed by atoms with van der Waals surface area (Å²) in [6.07, 6.45) is 1.67. The van der Waals surface area contributed by atoms with Crippen LogP contribution in [0.15, 0.2) is 65.7 Å². The molecule has 1 fully saturated rings. The van der Waals surface area contributed by atoms with Crippen molar-refractivity contribution in [1.29, 1.82) is 0 Å². The summed E-state index contributed by atoms with van der Waals surface area (Å²) in [7, 11) is -3.51. The normalized spacial score (nSPS) is 14.7. The topological polar surface area (TPSA) is 70.2 Å². The van der Waals surface area contributed by atoms with E-state index in [0.717, 1.165) is 11.1 Å². The van der Waals surface area contributed by atoms with E-state index in [-0.39, 0.29) is 29.7 Å². The smallest absolute Gasteiger partial charge is 0.270 e. The Labute approximate surface area is 166 Å². The number of nitrogens with one attached hydrogen (secondary N) is 1. The van der Waals surface area contributed by atoms with Gasteiger partial charge in [0.15, 0.2) is 9.84 Å². The van der Waals surface area contributed by atoms with E-state index < -0.39 is 15.1 Å². The third-order valence-electron chi connectivity index (χ3n) is 4.81. The van der Waals surface area contributed by atoms with Crippen LogP contribution in [0.5, 0.6) is 0 Å². The van der Waals surface area contributed by atoms with E-state index in [1.165, 1.54) is 41.3 Å². The van der Waals surface area contributed by atoms with Gasteiger partial charge >= 0.3 is 0 Å². The summed E-state index contributed by atoms with van der Waals surface area (Å²) in [4.78, 5) is 17.2. The molecule has 1 aromatic heterocycles. The fourth-order valence-electron chi connectivity index (χ4n) is 3.11. The van der Waals surface area contributed by atoms with E-state index in [1.807, 2.05) is 0 Å². The van der Waals surface area contributed by atoms with E-state index in [1.54, 1.807) is 24.4 Å². The molecule has 1 aliphatic rings. The van der Waals surface area contributed by atoms with Gasteiger partial charge in [-0.2, -0.15) is 0 Å². The molecule has 1 N–H and O–H groups in total. The molecule has 0 spiro atoms. The number of sulfone groups is 1. The van der Waals surface area contributed by atoms with Crippen LogP contribution in [-0.2, 0) is 9.84 Å². The number of aromatic nitrogens is 1. The largest absolute Gasteiger partial charge is 0.357 e. The van der Waals surface area contributed by atoms with Gasteiger partial charge in [-0.1, -0.05) is 23.7 Å². The Bertz CT molecular complexity index is 1120. The van der Waals surface area contributed by atoms with Crippen molar-refractivity contribution in [1.82, 2.24) is 9.88 Å². The minimum Gasteiger partial charge on any atom is -0.357 e. The number of hydrogen-bond acceptors (Lipinski definition) is 3. The number of hydrogen-bond donors (Lipinski definition) is 1. The average Bonchev–Trinajstić information content (AvgIpc) is 3.11. The first-order valence-corrected chi connectivity index (χ1v) is 10.5.